The third kappa shape index (κ3) is 5.15. The summed E-state index contributed by atoms with van der Waals surface area (Å²) < 4.78 is 4.87. The van der Waals surface area contributed by atoms with Crippen LogP contribution >= 0.6 is 0 Å². The van der Waals surface area contributed by atoms with Crippen molar-refractivity contribution in [2.45, 2.75) is 26.7 Å². The fourth-order valence-electron chi connectivity index (χ4n) is 0.730. The minimum absolute atomic E-state index is 0.0409. The van der Waals surface area contributed by atoms with Crippen LogP contribution in [0.15, 0.2) is 23.8 Å². The monoisotopic (exact) mass is 193 g/mol. The number of ether oxygens (including phenoxy) is 1. The summed E-state index contributed by atoms with van der Waals surface area (Å²) in [5, 5.41) is 8.63. The van der Waals surface area contributed by atoms with E-state index in [-0.39, 0.29) is 5.57 Å². The fourth-order valence-corrected chi connectivity index (χ4v) is 0.730. The van der Waals surface area contributed by atoms with Crippen LogP contribution in [-0.2, 0) is 9.53 Å². The number of carbonyl (C=O) groups is 1. The maximum Gasteiger partial charge on any atom is 0.348 e. The molecule has 0 fully saturated rings. The molecule has 0 aromatic carbocycles. The van der Waals surface area contributed by atoms with Gasteiger partial charge in [0.2, 0.25) is 0 Å². The first-order chi connectivity index (χ1) is 6.76. The summed E-state index contributed by atoms with van der Waals surface area (Å²) in [5.74, 6) is -0.543. The fraction of sp³-hybridized carbons (Fsp3) is 0.455. The van der Waals surface area contributed by atoms with Gasteiger partial charge in [0.15, 0.2) is 0 Å². The van der Waals surface area contributed by atoms with Gasteiger partial charge >= 0.3 is 5.97 Å². The van der Waals surface area contributed by atoms with Gasteiger partial charge in [-0.1, -0.05) is 25.5 Å². The number of allylic oxidation sites excluding steroid dienone is 3. The molecule has 0 N–H and O–H groups in total. The maximum absolute atomic E-state index is 11.2. The van der Waals surface area contributed by atoms with E-state index in [4.69, 9.17) is 10.00 Å². The van der Waals surface area contributed by atoms with Gasteiger partial charge in [-0.15, -0.1) is 0 Å². The summed E-state index contributed by atoms with van der Waals surface area (Å²) in [7, 11) is 0. The van der Waals surface area contributed by atoms with Crippen LogP contribution in [0.1, 0.15) is 26.7 Å². The van der Waals surface area contributed by atoms with E-state index < -0.39 is 5.97 Å². The Labute approximate surface area is 84.7 Å². The molecular weight excluding hydrogens is 178 g/mol. The predicted octanol–water partition coefficient (Wildman–Crippen LogP) is 2.36. The molecule has 0 atom stereocenters. The van der Waals surface area contributed by atoms with Crippen LogP contribution in [0, 0.1) is 11.3 Å². The van der Waals surface area contributed by atoms with Crippen LogP contribution in [0.4, 0.5) is 0 Å². The van der Waals surface area contributed by atoms with Crippen molar-refractivity contribution in [3.63, 3.8) is 0 Å². The van der Waals surface area contributed by atoms with Crippen molar-refractivity contribution in [2.24, 2.45) is 0 Å². The molecule has 0 aromatic heterocycles. The Bertz CT molecular complexity index is 272. The van der Waals surface area contributed by atoms with Crippen molar-refractivity contribution in [3.8, 4) is 6.07 Å². The van der Waals surface area contributed by atoms with Gasteiger partial charge in [-0.3, -0.25) is 0 Å². The highest BCUT2D eigenvalue weighted by atomic mass is 16.5. The summed E-state index contributed by atoms with van der Waals surface area (Å²) >= 11 is 0. The summed E-state index contributed by atoms with van der Waals surface area (Å²) in [6, 6.07) is 1.80. The van der Waals surface area contributed by atoms with Crippen molar-refractivity contribution in [1.29, 1.82) is 5.26 Å². The molecule has 0 spiro atoms. The number of carbonyl (C=O) groups excluding carboxylic acids is 1. The zero-order chi connectivity index (χ0) is 10.8. The van der Waals surface area contributed by atoms with Crippen LogP contribution in [-0.4, -0.2) is 12.6 Å². The van der Waals surface area contributed by atoms with Crippen molar-refractivity contribution < 1.29 is 9.53 Å². The largest absolute Gasteiger partial charge is 0.462 e. The molecule has 0 aliphatic carbocycles. The molecule has 0 unspecified atom stereocenters. The summed E-state index contributed by atoms with van der Waals surface area (Å²) in [4.78, 5) is 11.2. The van der Waals surface area contributed by atoms with E-state index in [0.717, 1.165) is 12.8 Å². The Balaban J connectivity index is 4.14. The SMILES string of the molecule is CC=CC=C(C#N)C(=O)OCCCC. The lowest BCUT2D eigenvalue weighted by Gasteiger charge is -2.00. The first-order valence-corrected chi connectivity index (χ1v) is 4.66. The Morgan fingerprint density at radius 2 is 2.29 bits per heavy atom. The van der Waals surface area contributed by atoms with Crippen LogP contribution in [0.2, 0.25) is 0 Å². The molecular formula is C11H15NO2. The second kappa shape index (κ2) is 8.06. The highest BCUT2D eigenvalue weighted by Crippen LogP contribution is 1.99. The number of unbranched alkanes of at least 4 members (excludes halogenated alkanes) is 1. The Hall–Kier alpha value is -1.56. The highest BCUT2D eigenvalue weighted by molar-refractivity contribution is 5.93. The summed E-state index contributed by atoms with van der Waals surface area (Å²) in [6.07, 6.45) is 6.63. The Morgan fingerprint density at radius 3 is 2.79 bits per heavy atom. The first-order valence-electron chi connectivity index (χ1n) is 4.66. The zero-order valence-corrected chi connectivity index (χ0v) is 8.62. The van der Waals surface area contributed by atoms with Gasteiger partial charge in [0, 0.05) is 0 Å². The number of esters is 1. The average molecular weight is 193 g/mol. The second-order valence-electron chi connectivity index (χ2n) is 2.71. The third-order valence-corrected chi connectivity index (χ3v) is 1.53. The molecule has 0 saturated carbocycles. The zero-order valence-electron chi connectivity index (χ0n) is 8.62. The molecule has 14 heavy (non-hydrogen) atoms. The van der Waals surface area contributed by atoms with Crippen LogP contribution < -0.4 is 0 Å². The molecule has 0 bridgehead atoms. The second-order valence-corrected chi connectivity index (χ2v) is 2.71. The number of hydrogen-bond acceptors (Lipinski definition) is 3. The van der Waals surface area contributed by atoms with Gasteiger partial charge in [-0.05, 0) is 19.4 Å². The molecule has 0 aliphatic rings. The standard InChI is InChI=1S/C11H15NO2/c1-3-5-7-10(9-12)11(13)14-8-6-4-2/h3,5,7H,4,6,8H2,1-2H3. The summed E-state index contributed by atoms with van der Waals surface area (Å²) in [6.45, 7) is 4.20. The lowest BCUT2D eigenvalue weighted by Crippen LogP contribution is -2.07. The van der Waals surface area contributed by atoms with Gasteiger partial charge in [-0.25, -0.2) is 4.79 Å². The molecule has 3 nitrogen and oxygen atoms in total. The molecule has 0 aliphatic heterocycles. The van der Waals surface area contributed by atoms with Crippen LogP contribution in [0.5, 0.6) is 0 Å². The molecule has 76 valence electrons. The Morgan fingerprint density at radius 1 is 1.57 bits per heavy atom. The molecule has 3 heteroatoms. The molecule has 0 saturated heterocycles. The van der Waals surface area contributed by atoms with Gasteiger partial charge in [-0.2, -0.15) is 5.26 Å². The van der Waals surface area contributed by atoms with Crippen molar-refractivity contribution in [1.82, 2.24) is 0 Å². The molecule has 0 radical (unpaired) electrons. The van der Waals surface area contributed by atoms with E-state index >= 15 is 0 Å². The average Bonchev–Trinajstić information content (AvgIpc) is 2.19. The van der Waals surface area contributed by atoms with E-state index in [1.165, 1.54) is 6.08 Å². The minimum atomic E-state index is -0.543. The van der Waals surface area contributed by atoms with E-state index in [9.17, 15) is 4.79 Å². The first kappa shape index (κ1) is 12.4. The number of hydrogen-bond donors (Lipinski definition) is 0. The van der Waals surface area contributed by atoms with Crippen molar-refractivity contribution >= 4 is 5.97 Å². The molecule has 0 amide bonds. The van der Waals surface area contributed by atoms with E-state index in [0.29, 0.717) is 6.61 Å². The topological polar surface area (TPSA) is 50.1 Å². The lowest BCUT2D eigenvalue weighted by atomic mass is 10.2. The highest BCUT2D eigenvalue weighted by Gasteiger charge is 2.08. The number of rotatable bonds is 5. The van der Waals surface area contributed by atoms with Gasteiger partial charge in [0.1, 0.15) is 11.6 Å². The van der Waals surface area contributed by atoms with Gasteiger partial charge in [0.05, 0.1) is 6.61 Å². The quantitative estimate of drug-likeness (QED) is 0.221. The summed E-state index contributed by atoms with van der Waals surface area (Å²) in [5.41, 5.74) is 0.0409. The van der Waals surface area contributed by atoms with Gasteiger partial charge < -0.3 is 4.74 Å². The molecule has 0 heterocycles. The maximum atomic E-state index is 11.2. The predicted molar refractivity (Wildman–Crippen MR) is 54.4 cm³/mol. The van der Waals surface area contributed by atoms with E-state index in [1.807, 2.05) is 13.8 Å². The van der Waals surface area contributed by atoms with Crippen molar-refractivity contribution in [3.05, 3.63) is 23.8 Å². The normalized spacial score (nSPS) is 11.4. The van der Waals surface area contributed by atoms with Crippen LogP contribution in [0.3, 0.4) is 0 Å². The van der Waals surface area contributed by atoms with Crippen molar-refractivity contribution in [2.75, 3.05) is 6.61 Å². The molecule has 0 rings (SSSR count). The lowest BCUT2D eigenvalue weighted by molar-refractivity contribution is -0.138. The van der Waals surface area contributed by atoms with Crippen LogP contribution in [0.25, 0.3) is 0 Å². The molecule has 0 aromatic rings. The van der Waals surface area contributed by atoms with Gasteiger partial charge in [0.25, 0.3) is 0 Å². The number of nitrogens with zero attached hydrogens (tertiary/aromatic N) is 1. The Kier molecular flexibility index (Phi) is 7.16. The van der Waals surface area contributed by atoms with E-state index in [2.05, 4.69) is 0 Å². The minimum Gasteiger partial charge on any atom is -0.462 e. The third-order valence-electron chi connectivity index (χ3n) is 1.53. The number of nitriles is 1. The van der Waals surface area contributed by atoms with E-state index in [1.54, 1.807) is 18.2 Å². The smallest absolute Gasteiger partial charge is 0.348 e.